The maximum atomic E-state index is 13.1. The van der Waals surface area contributed by atoms with Gasteiger partial charge < -0.3 is 9.84 Å². The van der Waals surface area contributed by atoms with Gasteiger partial charge in [-0.15, -0.1) is 0 Å². The minimum Gasteiger partial charge on any atom is -0.388 e. The van der Waals surface area contributed by atoms with Gasteiger partial charge in [-0.05, 0) is 18.2 Å². The van der Waals surface area contributed by atoms with E-state index in [9.17, 15) is 17.9 Å². The van der Waals surface area contributed by atoms with Gasteiger partial charge in [0.25, 0.3) is 0 Å². The van der Waals surface area contributed by atoms with Gasteiger partial charge in [0.2, 0.25) is 10.0 Å². The smallest absolute Gasteiger partial charge is 0.242 e. The molecule has 8 heteroatoms. The summed E-state index contributed by atoms with van der Waals surface area (Å²) < 4.78 is 44.7. The van der Waals surface area contributed by atoms with Crippen molar-refractivity contribution in [1.82, 2.24) is 4.72 Å². The molecule has 0 spiro atoms. The van der Waals surface area contributed by atoms with Crippen LogP contribution in [0, 0.1) is 5.82 Å². The van der Waals surface area contributed by atoms with Crippen molar-refractivity contribution in [3.63, 3.8) is 0 Å². The first-order chi connectivity index (χ1) is 9.32. The van der Waals surface area contributed by atoms with E-state index in [0.717, 1.165) is 12.1 Å². The number of nitrogens with one attached hydrogen (secondary N) is 1. The maximum Gasteiger partial charge on any atom is 0.242 e. The summed E-state index contributed by atoms with van der Waals surface area (Å²) in [6.45, 7) is 0.587. The average Bonchev–Trinajstić information content (AvgIpc) is 2.40. The lowest BCUT2D eigenvalue weighted by atomic mass is 9.95. The van der Waals surface area contributed by atoms with Gasteiger partial charge >= 0.3 is 0 Å². The Morgan fingerprint density at radius 2 is 2.05 bits per heavy atom. The zero-order chi connectivity index (χ0) is 14.8. The first-order valence-electron chi connectivity index (χ1n) is 6.07. The van der Waals surface area contributed by atoms with Crippen molar-refractivity contribution in [2.45, 2.75) is 23.3 Å². The van der Waals surface area contributed by atoms with Gasteiger partial charge in [-0.3, -0.25) is 0 Å². The molecule has 0 aromatic heterocycles. The molecule has 1 fully saturated rings. The van der Waals surface area contributed by atoms with Crippen LogP contribution < -0.4 is 4.72 Å². The molecule has 2 rings (SSSR count). The van der Waals surface area contributed by atoms with Gasteiger partial charge in [0, 0.05) is 32.6 Å². The summed E-state index contributed by atoms with van der Waals surface area (Å²) in [5.41, 5.74) is -1.15. The highest BCUT2D eigenvalue weighted by Crippen LogP contribution is 2.24. The number of ether oxygens (including phenoxy) is 1. The fourth-order valence-electron chi connectivity index (χ4n) is 1.92. The number of benzene rings is 1. The number of hydrogen-bond donors (Lipinski definition) is 2. The lowest BCUT2D eigenvalue weighted by molar-refractivity contribution is -0.0588. The SMILES string of the molecule is O=S(=O)(NCC1(O)CCOCC1)c1cc(F)ccc1Cl. The molecular weight excluding hydrogens is 309 g/mol. The molecule has 0 amide bonds. The van der Waals surface area contributed by atoms with Crippen LogP contribution in [0.1, 0.15) is 12.8 Å². The van der Waals surface area contributed by atoms with Crippen molar-refractivity contribution < 1.29 is 22.7 Å². The average molecular weight is 324 g/mol. The highest BCUT2D eigenvalue weighted by molar-refractivity contribution is 7.89. The standard InChI is InChI=1S/C12H15ClFNO4S/c13-10-2-1-9(14)7-11(10)20(17,18)15-8-12(16)3-5-19-6-4-12/h1-2,7,15-16H,3-6,8H2. The Labute approximate surface area is 121 Å². The Morgan fingerprint density at radius 3 is 2.70 bits per heavy atom. The molecule has 0 radical (unpaired) electrons. The molecule has 1 aliphatic heterocycles. The molecule has 1 aromatic rings. The molecule has 0 unspecified atom stereocenters. The van der Waals surface area contributed by atoms with Crippen LogP contribution >= 0.6 is 11.6 Å². The zero-order valence-corrected chi connectivity index (χ0v) is 12.2. The van der Waals surface area contributed by atoms with Gasteiger partial charge in [0.15, 0.2) is 0 Å². The third-order valence-corrected chi connectivity index (χ3v) is 5.08. The normalized spacial score (nSPS) is 18.9. The van der Waals surface area contributed by atoms with E-state index in [0.29, 0.717) is 26.1 Å². The molecule has 1 saturated heterocycles. The molecule has 20 heavy (non-hydrogen) atoms. The Kier molecular flexibility index (Phi) is 4.66. The quantitative estimate of drug-likeness (QED) is 0.875. The van der Waals surface area contributed by atoms with E-state index < -0.39 is 21.4 Å². The zero-order valence-electron chi connectivity index (χ0n) is 10.6. The van der Waals surface area contributed by atoms with E-state index in [-0.39, 0.29) is 16.5 Å². The van der Waals surface area contributed by atoms with E-state index >= 15 is 0 Å². The van der Waals surface area contributed by atoms with Crippen molar-refractivity contribution in [3.8, 4) is 0 Å². The van der Waals surface area contributed by atoms with Crippen LogP contribution in [0.4, 0.5) is 4.39 Å². The van der Waals surface area contributed by atoms with Crippen molar-refractivity contribution in [1.29, 1.82) is 0 Å². The number of halogens is 2. The first kappa shape index (κ1) is 15.7. The molecular formula is C12H15ClFNO4S. The van der Waals surface area contributed by atoms with Gasteiger partial charge in [0.05, 0.1) is 10.6 Å². The molecule has 1 heterocycles. The fourth-order valence-corrected chi connectivity index (χ4v) is 3.55. The van der Waals surface area contributed by atoms with E-state index in [1.807, 2.05) is 0 Å². The summed E-state index contributed by atoms with van der Waals surface area (Å²) in [4.78, 5) is -0.338. The minimum atomic E-state index is -3.97. The van der Waals surface area contributed by atoms with Crippen LogP contribution in [0.25, 0.3) is 0 Å². The summed E-state index contributed by atoms with van der Waals surface area (Å²) in [5, 5.41) is 10.1. The lowest BCUT2D eigenvalue weighted by Gasteiger charge is -2.32. The predicted octanol–water partition coefficient (Wildman–Crippen LogP) is 1.30. The summed E-state index contributed by atoms with van der Waals surface area (Å²) in [6, 6.07) is 3.10. The van der Waals surface area contributed by atoms with Crippen LogP contribution in [-0.4, -0.2) is 38.9 Å². The number of rotatable bonds is 4. The van der Waals surface area contributed by atoms with Crippen LogP contribution in [0.2, 0.25) is 5.02 Å². The number of aliphatic hydroxyl groups is 1. The summed E-state index contributed by atoms with van der Waals surface area (Å²) >= 11 is 5.77. The van der Waals surface area contributed by atoms with Crippen LogP contribution in [0.3, 0.4) is 0 Å². The van der Waals surface area contributed by atoms with Gasteiger partial charge in [-0.25, -0.2) is 17.5 Å². The van der Waals surface area contributed by atoms with Crippen LogP contribution in [0.15, 0.2) is 23.1 Å². The van der Waals surface area contributed by atoms with Crippen molar-refractivity contribution in [3.05, 3.63) is 29.0 Å². The highest BCUT2D eigenvalue weighted by Gasteiger charge is 2.32. The largest absolute Gasteiger partial charge is 0.388 e. The third kappa shape index (κ3) is 3.67. The van der Waals surface area contributed by atoms with Crippen molar-refractivity contribution in [2.75, 3.05) is 19.8 Å². The fraction of sp³-hybridized carbons (Fsp3) is 0.500. The molecule has 0 saturated carbocycles. The highest BCUT2D eigenvalue weighted by atomic mass is 35.5. The van der Waals surface area contributed by atoms with Gasteiger partial charge in [-0.1, -0.05) is 11.6 Å². The second-order valence-corrected chi connectivity index (χ2v) is 6.88. The summed E-state index contributed by atoms with van der Waals surface area (Å²) in [6.07, 6.45) is 0.679. The lowest BCUT2D eigenvalue weighted by Crippen LogP contribution is -2.46. The van der Waals surface area contributed by atoms with Crippen molar-refractivity contribution in [2.24, 2.45) is 0 Å². The van der Waals surface area contributed by atoms with E-state index in [2.05, 4.69) is 4.72 Å². The molecule has 5 nitrogen and oxygen atoms in total. The molecule has 1 aliphatic rings. The van der Waals surface area contributed by atoms with E-state index in [1.54, 1.807) is 0 Å². The molecule has 1 aromatic carbocycles. The van der Waals surface area contributed by atoms with E-state index in [4.69, 9.17) is 16.3 Å². The molecule has 112 valence electrons. The van der Waals surface area contributed by atoms with E-state index in [1.165, 1.54) is 6.07 Å². The number of hydrogen-bond acceptors (Lipinski definition) is 4. The monoisotopic (exact) mass is 323 g/mol. The third-order valence-electron chi connectivity index (χ3n) is 3.20. The Bertz CT molecular complexity index is 587. The van der Waals surface area contributed by atoms with Gasteiger partial charge in [0.1, 0.15) is 10.7 Å². The van der Waals surface area contributed by atoms with Crippen LogP contribution in [-0.2, 0) is 14.8 Å². The van der Waals surface area contributed by atoms with Crippen molar-refractivity contribution >= 4 is 21.6 Å². The topological polar surface area (TPSA) is 75.6 Å². The summed E-state index contributed by atoms with van der Waals surface area (Å²) in [5.74, 6) is -0.695. The molecule has 0 bridgehead atoms. The number of sulfonamides is 1. The first-order valence-corrected chi connectivity index (χ1v) is 7.93. The maximum absolute atomic E-state index is 13.1. The summed E-state index contributed by atoms with van der Waals surface area (Å²) in [7, 11) is -3.97. The molecule has 0 atom stereocenters. The molecule has 0 aliphatic carbocycles. The Morgan fingerprint density at radius 1 is 1.40 bits per heavy atom. The van der Waals surface area contributed by atoms with Crippen LogP contribution in [0.5, 0.6) is 0 Å². The second-order valence-electron chi connectivity index (χ2n) is 4.74. The second kappa shape index (κ2) is 5.95. The Balaban J connectivity index is 2.13. The minimum absolute atomic E-state index is 0.0714. The predicted molar refractivity (Wildman–Crippen MR) is 71.6 cm³/mol. The molecule has 2 N–H and O–H groups in total. The Hall–Kier alpha value is -0.730. The van der Waals surface area contributed by atoms with Gasteiger partial charge in [-0.2, -0.15) is 0 Å².